The molecule has 0 fully saturated rings. The molecule has 1 aliphatic rings. The standard InChI is InChI=1S/C24H23FN2O6S/c1-31-20-8-2-17(3-9-20)15-26-24(28)16-27(19-6-4-18(25)5-7-19)34(29,30)21-10-11-22-23(14-21)33-13-12-32-22/h2-11,14H,12-13,15-16H2,1H3,(H,26,28). The highest BCUT2D eigenvalue weighted by Gasteiger charge is 2.29. The van der Waals surface area contributed by atoms with Gasteiger partial charge < -0.3 is 19.5 Å². The van der Waals surface area contributed by atoms with E-state index in [2.05, 4.69) is 5.32 Å². The number of nitrogens with zero attached hydrogens (tertiary/aromatic N) is 1. The Morgan fingerprint density at radius 2 is 1.68 bits per heavy atom. The summed E-state index contributed by atoms with van der Waals surface area (Å²) >= 11 is 0. The van der Waals surface area contributed by atoms with Gasteiger partial charge in [0.15, 0.2) is 11.5 Å². The molecule has 3 aromatic rings. The van der Waals surface area contributed by atoms with Crippen molar-refractivity contribution in [1.29, 1.82) is 0 Å². The van der Waals surface area contributed by atoms with E-state index < -0.39 is 28.3 Å². The number of anilines is 1. The number of halogens is 1. The molecule has 10 heteroatoms. The Balaban J connectivity index is 1.57. The van der Waals surface area contributed by atoms with E-state index in [9.17, 15) is 17.6 Å². The van der Waals surface area contributed by atoms with Crippen molar-refractivity contribution in [3.8, 4) is 17.2 Å². The van der Waals surface area contributed by atoms with Gasteiger partial charge in [-0.25, -0.2) is 12.8 Å². The molecule has 1 N–H and O–H groups in total. The van der Waals surface area contributed by atoms with Crippen molar-refractivity contribution in [2.75, 3.05) is 31.2 Å². The first kappa shape index (κ1) is 23.4. The maximum Gasteiger partial charge on any atom is 0.264 e. The maximum absolute atomic E-state index is 13.5. The second-order valence-electron chi connectivity index (χ2n) is 7.42. The van der Waals surface area contributed by atoms with E-state index in [0.717, 1.165) is 22.0 Å². The molecule has 0 aliphatic carbocycles. The number of hydrogen-bond acceptors (Lipinski definition) is 6. The normalized spacial score (nSPS) is 12.6. The van der Waals surface area contributed by atoms with Crippen molar-refractivity contribution in [3.05, 3.63) is 78.1 Å². The fourth-order valence-corrected chi connectivity index (χ4v) is 4.80. The average molecular weight is 487 g/mol. The molecule has 178 valence electrons. The summed E-state index contributed by atoms with van der Waals surface area (Å²) < 4.78 is 57.5. The van der Waals surface area contributed by atoms with Crippen LogP contribution < -0.4 is 23.8 Å². The van der Waals surface area contributed by atoms with Crippen molar-refractivity contribution in [3.63, 3.8) is 0 Å². The molecule has 0 spiro atoms. The lowest BCUT2D eigenvalue weighted by Crippen LogP contribution is -2.40. The summed E-state index contributed by atoms with van der Waals surface area (Å²) in [4.78, 5) is 12.7. The van der Waals surface area contributed by atoms with Crippen molar-refractivity contribution < 1.29 is 31.8 Å². The maximum atomic E-state index is 13.5. The van der Waals surface area contributed by atoms with Crippen molar-refractivity contribution in [2.24, 2.45) is 0 Å². The van der Waals surface area contributed by atoms with Gasteiger partial charge in [0.05, 0.1) is 17.7 Å². The highest BCUT2D eigenvalue weighted by Crippen LogP contribution is 2.34. The van der Waals surface area contributed by atoms with Gasteiger partial charge in [0.25, 0.3) is 10.0 Å². The summed E-state index contributed by atoms with van der Waals surface area (Å²) in [5.74, 6) is 0.375. The van der Waals surface area contributed by atoms with Crippen LogP contribution in [0.2, 0.25) is 0 Å². The van der Waals surface area contributed by atoms with E-state index >= 15 is 0 Å². The van der Waals surface area contributed by atoms with Crippen LogP contribution in [0.3, 0.4) is 0 Å². The number of amides is 1. The summed E-state index contributed by atoms with van der Waals surface area (Å²) in [6, 6.07) is 16.2. The molecule has 0 radical (unpaired) electrons. The van der Waals surface area contributed by atoms with Gasteiger partial charge in [0.1, 0.15) is 31.3 Å². The predicted octanol–water partition coefficient (Wildman–Crippen LogP) is 3.12. The molecular weight excluding hydrogens is 463 g/mol. The summed E-state index contributed by atoms with van der Waals surface area (Å²) in [5, 5.41) is 2.72. The average Bonchev–Trinajstić information content (AvgIpc) is 2.86. The summed E-state index contributed by atoms with van der Waals surface area (Å²) in [5.41, 5.74) is 0.966. The Morgan fingerprint density at radius 1 is 1.00 bits per heavy atom. The van der Waals surface area contributed by atoms with E-state index in [-0.39, 0.29) is 17.1 Å². The molecule has 0 unspecified atom stereocenters. The molecule has 0 saturated heterocycles. The Bertz CT molecular complexity index is 1260. The Hall–Kier alpha value is -3.79. The molecule has 1 amide bonds. The number of carbonyl (C=O) groups is 1. The molecule has 1 aliphatic heterocycles. The van der Waals surface area contributed by atoms with Gasteiger partial charge in [-0.3, -0.25) is 9.10 Å². The highest BCUT2D eigenvalue weighted by molar-refractivity contribution is 7.92. The zero-order valence-corrected chi connectivity index (χ0v) is 19.2. The van der Waals surface area contributed by atoms with Crippen molar-refractivity contribution >= 4 is 21.6 Å². The lowest BCUT2D eigenvalue weighted by atomic mass is 10.2. The highest BCUT2D eigenvalue weighted by atomic mass is 32.2. The van der Waals surface area contributed by atoms with Gasteiger partial charge in [-0.05, 0) is 54.1 Å². The zero-order chi connectivity index (χ0) is 24.1. The van der Waals surface area contributed by atoms with E-state index in [1.54, 1.807) is 31.4 Å². The lowest BCUT2D eigenvalue weighted by Gasteiger charge is -2.25. The van der Waals surface area contributed by atoms with Crippen LogP contribution in [0.4, 0.5) is 10.1 Å². The topological polar surface area (TPSA) is 94.2 Å². The SMILES string of the molecule is COc1ccc(CNC(=O)CN(c2ccc(F)cc2)S(=O)(=O)c2ccc3c(c2)OCCO3)cc1. The zero-order valence-electron chi connectivity index (χ0n) is 18.4. The molecule has 4 rings (SSSR count). The number of sulfonamides is 1. The van der Waals surface area contributed by atoms with Crippen molar-refractivity contribution in [2.45, 2.75) is 11.4 Å². The van der Waals surface area contributed by atoms with Crippen LogP contribution in [0.1, 0.15) is 5.56 Å². The third-order valence-corrected chi connectivity index (χ3v) is 6.92. The fourth-order valence-electron chi connectivity index (χ4n) is 3.36. The quantitative estimate of drug-likeness (QED) is 0.526. The van der Waals surface area contributed by atoms with E-state index in [4.69, 9.17) is 14.2 Å². The van der Waals surface area contributed by atoms with Crippen LogP contribution in [-0.2, 0) is 21.4 Å². The monoisotopic (exact) mass is 486 g/mol. The first-order chi connectivity index (χ1) is 16.4. The number of methoxy groups -OCH3 is 1. The molecule has 0 saturated carbocycles. The number of nitrogens with one attached hydrogen (secondary N) is 1. The summed E-state index contributed by atoms with van der Waals surface area (Å²) in [6.45, 7) is 0.365. The van der Waals surface area contributed by atoms with Gasteiger partial charge in [0.2, 0.25) is 5.91 Å². The molecule has 0 aromatic heterocycles. The molecular formula is C24H23FN2O6S. The molecule has 0 bridgehead atoms. The molecule has 8 nitrogen and oxygen atoms in total. The molecule has 3 aromatic carbocycles. The smallest absolute Gasteiger partial charge is 0.264 e. The van der Waals surface area contributed by atoms with E-state index in [1.807, 2.05) is 0 Å². The van der Waals surface area contributed by atoms with Crippen LogP contribution in [0.25, 0.3) is 0 Å². The van der Waals surface area contributed by atoms with Gasteiger partial charge >= 0.3 is 0 Å². The third kappa shape index (κ3) is 5.23. The third-order valence-electron chi connectivity index (χ3n) is 5.15. The molecule has 0 atom stereocenters. The van der Waals surface area contributed by atoms with Crippen LogP contribution in [-0.4, -0.2) is 41.2 Å². The number of carbonyl (C=O) groups excluding carboxylic acids is 1. The second kappa shape index (κ2) is 10.0. The van der Waals surface area contributed by atoms with E-state index in [0.29, 0.717) is 30.5 Å². The Kier molecular flexibility index (Phi) is 6.87. The first-order valence-corrected chi connectivity index (χ1v) is 11.9. The number of fused-ring (bicyclic) bond motifs is 1. The minimum Gasteiger partial charge on any atom is -0.497 e. The number of rotatable bonds is 8. The largest absolute Gasteiger partial charge is 0.497 e. The minimum absolute atomic E-state index is 0.0796. The van der Waals surface area contributed by atoms with Gasteiger partial charge in [-0.2, -0.15) is 0 Å². The Morgan fingerprint density at radius 3 is 2.35 bits per heavy atom. The lowest BCUT2D eigenvalue weighted by molar-refractivity contribution is -0.119. The van der Waals surface area contributed by atoms with Gasteiger partial charge in [-0.1, -0.05) is 12.1 Å². The molecule has 34 heavy (non-hydrogen) atoms. The predicted molar refractivity (Wildman–Crippen MR) is 123 cm³/mol. The van der Waals surface area contributed by atoms with Gasteiger partial charge in [-0.15, -0.1) is 0 Å². The van der Waals surface area contributed by atoms with Crippen LogP contribution in [0.5, 0.6) is 17.2 Å². The van der Waals surface area contributed by atoms with Gasteiger partial charge in [0, 0.05) is 12.6 Å². The second-order valence-corrected chi connectivity index (χ2v) is 9.28. The van der Waals surface area contributed by atoms with Crippen LogP contribution in [0.15, 0.2) is 71.6 Å². The van der Waals surface area contributed by atoms with Crippen molar-refractivity contribution in [1.82, 2.24) is 5.32 Å². The summed E-state index contributed by atoms with van der Waals surface area (Å²) in [7, 11) is -2.63. The van der Waals surface area contributed by atoms with Crippen LogP contribution in [0, 0.1) is 5.82 Å². The Labute approximate surface area is 196 Å². The van der Waals surface area contributed by atoms with Crippen LogP contribution >= 0.6 is 0 Å². The molecule has 1 heterocycles. The number of hydrogen-bond donors (Lipinski definition) is 1. The minimum atomic E-state index is -4.19. The summed E-state index contributed by atoms with van der Waals surface area (Å²) in [6.07, 6.45) is 0. The number of ether oxygens (including phenoxy) is 3. The first-order valence-electron chi connectivity index (χ1n) is 10.4. The fraction of sp³-hybridized carbons (Fsp3) is 0.208. The number of benzene rings is 3. The van der Waals surface area contributed by atoms with E-state index in [1.165, 1.54) is 30.3 Å².